The first kappa shape index (κ1) is 18.1. The molecule has 0 aliphatic carbocycles. The van der Waals surface area contributed by atoms with Crippen molar-refractivity contribution in [3.8, 4) is 11.1 Å². The molecular formula is C23H20N6O. The fraction of sp³-hybridized carbons (Fsp3) is 0.130. The van der Waals surface area contributed by atoms with Crippen molar-refractivity contribution in [3.05, 3.63) is 89.4 Å². The molecule has 0 amide bonds. The molecule has 7 nitrogen and oxygen atoms in total. The van der Waals surface area contributed by atoms with Crippen molar-refractivity contribution >= 4 is 22.5 Å². The van der Waals surface area contributed by atoms with E-state index in [9.17, 15) is 4.79 Å². The Morgan fingerprint density at radius 1 is 1.07 bits per heavy atom. The van der Waals surface area contributed by atoms with E-state index >= 15 is 0 Å². The van der Waals surface area contributed by atoms with Crippen LogP contribution in [-0.4, -0.2) is 24.3 Å². The number of benzene rings is 1. The minimum atomic E-state index is -0.132. The number of nitrogens with one attached hydrogen (secondary N) is 2. The third kappa shape index (κ3) is 3.00. The van der Waals surface area contributed by atoms with Gasteiger partial charge in [-0.1, -0.05) is 43.3 Å². The number of anilines is 1. The molecule has 30 heavy (non-hydrogen) atoms. The number of imidazole rings is 1. The summed E-state index contributed by atoms with van der Waals surface area (Å²) in [5.41, 5.74) is 4.67. The fourth-order valence-electron chi connectivity index (χ4n) is 3.84. The van der Waals surface area contributed by atoms with Gasteiger partial charge in [-0.15, -0.1) is 0 Å². The highest BCUT2D eigenvalue weighted by Crippen LogP contribution is 2.31. The van der Waals surface area contributed by atoms with E-state index in [1.54, 1.807) is 16.9 Å². The Kier molecular flexibility index (Phi) is 4.48. The summed E-state index contributed by atoms with van der Waals surface area (Å²) in [5.74, 6) is 0.639. The SMILES string of the molecule is CCC(Nc1ncnc2[nH]cnc12)c1cc2ccccn2c(=O)c1-c1ccccc1. The van der Waals surface area contributed by atoms with Crippen molar-refractivity contribution < 1.29 is 0 Å². The zero-order valence-corrected chi connectivity index (χ0v) is 16.4. The molecule has 148 valence electrons. The minimum Gasteiger partial charge on any atom is -0.361 e. The summed E-state index contributed by atoms with van der Waals surface area (Å²) in [6.45, 7) is 2.09. The predicted molar refractivity (Wildman–Crippen MR) is 117 cm³/mol. The molecule has 0 spiro atoms. The second-order valence-corrected chi connectivity index (χ2v) is 7.07. The van der Waals surface area contributed by atoms with Crippen LogP contribution in [0, 0.1) is 0 Å². The van der Waals surface area contributed by atoms with Gasteiger partial charge in [-0.3, -0.25) is 9.20 Å². The first-order chi connectivity index (χ1) is 14.8. The van der Waals surface area contributed by atoms with Crippen LogP contribution in [-0.2, 0) is 0 Å². The van der Waals surface area contributed by atoms with Gasteiger partial charge in [0.1, 0.15) is 11.8 Å². The number of H-pyrrole nitrogens is 1. The highest BCUT2D eigenvalue weighted by Gasteiger charge is 2.21. The molecule has 1 unspecified atom stereocenters. The average Bonchev–Trinajstić information content (AvgIpc) is 3.28. The minimum absolute atomic E-state index is 0.0397. The lowest BCUT2D eigenvalue weighted by Crippen LogP contribution is -2.22. The normalized spacial score (nSPS) is 12.3. The summed E-state index contributed by atoms with van der Waals surface area (Å²) in [7, 11) is 0. The van der Waals surface area contributed by atoms with Gasteiger partial charge in [-0.05, 0) is 35.7 Å². The van der Waals surface area contributed by atoms with E-state index < -0.39 is 0 Å². The lowest BCUT2D eigenvalue weighted by atomic mass is 9.94. The van der Waals surface area contributed by atoms with Crippen LogP contribution in [0.3, 0.4) is 0 Å². The molecule has 5 aromatic rings. The summed E-state index contributed by atoms with van der Waals surface area (Å²) in [4.78, 5) is 29.4. The number of nitrogens with zero attached hydrogens (tertiary/aromatic N) is 4. The molecular weight excluding hydrogens is 376 g/mol. The van der Waals surface area contributed by atoms with Gasteiger partial charge in [-0.2, -0.15) is 0 Å². The van der Waals surface area contributed by atoms with Gasteiger partial charge in [0.05, 0.1) is 17.9 Å². The molecule has 0 aliphatic heterocycles. The van der Waals surface area contributed by atoms with E-state index in [0.717, 1.165) is 23.1 Å². The molecule has 4 heterocycles. The second kappa shape index (κ2) is 7.44. The molecule has 5 rings (SSSR count). The Bertz CT molecular complexity index is 1390. The number of aromatic nitrogens is 5. The van der Waals surface area contributed by atoms with Gasteiger partial charge < -0.3 is 10.3 Å². The van der Waals surface area contributed by atoms with Crippen LogP contribution in [0.2, 0.25) is 0 Å². The fourth-order valence-corrected chi connectivity index (χ4v) is 3.84. The van der Waals surface area contributed by atoms with Crippen LogP contribution in [0.4, 0.5) is 5.82 Å². The molecule has 1 atom stereocenters. The molecule has 0 bridgehead atoms. The number of rotatable bonds is 5. The highest BCUT2D eigenvalue weighted by molar-refractivity contribution is 5.82. The molecule has 7 heteroatoms. The Labute approximate surface area is 172 Å². The molecule has 1 aromatic carbocycles. The largest absolute Gasteiger partial charge is 0.361 e. The standard InChI is InChI=1S/C23H20N6O/c1-2-18(28-22-20-21(25-13-24-20)26-14-27-22)17-12-16-10-6-7-11-29(16)23(30)19(17)15-8-4-3-5-9-15/h3-14,18H,2H2,1H3,(H2,24,25,26,27,28). The molecule has 0 saturated carbocycles. The van der Waals surface area contributed by atoms with Crippen molar-refractivity contribution in [2.45, 2.75) is 19.4 Å². The summed E-state index contributed by atoms with van der Waals surface area (Å²) in [6, 6.07) is 17.5. The topological polar surface area (TPSA) is 88.0 Å². The second-order valence-electron chi connectivity index (χ2n) is 7.07. The van der Waals surface area contributed by atoms with Crippen LogP contribution in [0.25, 0.3) is 27.8 Å². The van der Waals surface area contributed by atoms with Gasteiger partial charge in [0.2, 0.25) is 0 Å². The number of aromatic amines is 1. The maximum atomic E-state index is 13.5. The number of hydrogen-bond donors (Lipinski definition) is 2. The van der Waals surface area contributed by atoms with Crippen molar-refractivity contribution in [3.63, 3.8) is 0 Å². The Hall–Kier alpha value is -4.00. The summed E-state index contributed by atoms with van der Waals surface area (Å²) >= 11 is 0. The third-order valence-electron chi connectivity index (χ3n) is 5.29. The smallest absolute Gasteiger partial charge is 0.263 e. The van der Waals surface area contributed by atoms with Crippen LogP contribution < -0.4 is 10.9 Å². The molecule has 2 N–H and O–H groups in total. The van der Waals surface area contributed by atoms with E-state index in [1.165, 1.54) is 6.33 Å². The Morgan fingerprint density at radius 2 is 1.90 bits per heavy atom. The third-order valence-corrected chi connectivity index (χ3v) is 5.29. The van der Waals surface area contributed by atoms with E-state index in [1.807, 2.05) is 48.5 Å². The maximum Gasteiger partial charge on any atom is 0.263 e. The molecule has 0 fully saturated rings. The van der Waals surface area contributed by atoms with Gasteiger partial charge >= 0.3 is 0 Å². The van der Waals surface area contributed by atoms with Gasteiger partial charge in [0.15, 0.2) is 11.5 Å². The Morgan fingerprint density at radius 3 is 2.73 bits per heavy atom. The maximum absolute atomic E-state index is 13.5. The van der Waals surface area contributed by atoms with E-state index in [-0.39, 0.29) is 11.6 Å². The lowest BCUT2D eigenvalue weighted by molar-refractivity contribution is 0.744. The van der Waals surface area contributed by atoms with Gasteiger partial charge in [0, 0.05) is 11.7 Å². The average molecular weight is 396 g/mol. The summed E-state index contributed by atoms with van der Waals surface area (Å²) in [5, 5.41) is 3.49. The van der Waals surface area contributed by atoms with Crippen molar-refractivity contribution in [1.82, 2.24) is 24.3 Å². The summed E-state index contributed by atoms with van der Waals surface area (Å²) in [6.07, 6.45) is 5.67. The predicted octanol–water partition coefficient (Wildman–Crippen LogP) is 4.20. The number of hydrogen-bond acceptors (Lipinski definition) is 5. The van der Waals surface area contributed by atoms with Crippen molar-refractivity contribution in [1.29, 1.82) is 0 Å². The number of fused-ring (bicyclic) bond motifs is 2. The van der Waals surface area contributed by atoms with E-state index in [2.05, 4.69) is 38.2 Å². The van der Waals surface area contributed by atoms with Gasteiger partial charge in [-0.25, -0.2) is 15.0 Å². The van der Waals surface area contributed by atoms with E-state index in [0.29, 0.717) is 22.5 Å². The van der Waals surface area contributed by atoms with E-state index in [4.69, 9.17) is 0 Å². The molecule has 0 saturated heterocycles. The first-order valence-corrected chi connectivity index (χ1v) is 9.86. The monoisotopic (exact) mass is 396 g/mol. The van der Waals surface area contributed by atoms with Crippen molar-refractivity contribution in [2.24, 2.45) is 0 Å². The van der Waals surface area contributed by atoms with Crippen LogP contribution >= 0.6 is 0 Å². The van der Waals surface area contributed by atoms with Crippen LogP contribution in [0.15, 0.2) is 78.2 Å². The highest BCUT2D eigenvalue weighted by atomic mass is 16.1. The zero-order chi connectivity index (χ0) is 20.5. The zero-order valence-electron chi connectivity index (χ0n) is 16.4. The molecule has 0 aliphatic rings. The summed E-state index contributed by atoms with van der Waals surface area (Å²) < 4.78 is 1.69. The Balaban J connectivity index is 1.71. The van der Waals surface area contributed by atoms with Gasteiger partial charge in [0.25, 0.3) is 5.56 Å². The van der Waals surface area contributed by atoms with Crippen LogP contribution in [0.1, 0.15) is 24.9 Å². The van der Waals surface area contributed by atoms with Crippen molar-refractivity contribution in [2.75, 3.05) is 5.32 Å². The van der Waals surface area contributed by atoms with Crippen LogP contribution in [0.5, 0.6) is 0 Å². The quantitative estimate of drug-likeness (QED) is 0.465. The number of pyridine rings is 2. The molecule has 0 radical (unpaired) electrons. The first-order valence-electron chi connectivity index (χ1n) is 9.86. The molecule has 4 aromatic heterocycles. The lowest BCUT2D eigenvalue weighted by Gasteiger charge is -2.22.